The molecule has 0 aliphatic rings. The Balaban J connectivity index is 2.03. The van der Waals surface area contributed by atoms with Gasteiger partial charge >= 0.3 is 0 Å². The van der Waals surface area contributed by atoms with Crippen molar-refractivity contribution in [1.82, 2.24) is 9.97 Å². The molecule has 0 saturated carbocycles. The predicted octanol–water partition coefficient (Wildman–Crippen LogP) is 3.61. The van der Waals surface area contributed by atoms with Crippen LogP contribution in [0.1, 0.15) is 0 Å². The van der Waals surface area contributed by atoms with Gasteiger partial charge in [-0.3, -0.25) is 10.7 Å². The Hall–Kier alpha value is -2.72. The zero-order chi connectivity index (χ0) is 13.8. The summed E-state index contributed by atoms with van der Waals surface area (Å²) in [4.78, 5) is 8.86. The number of hydrogen-bond acceptors (Lipinski definition) is 4. The number of nitrogens with one attached hydrogen (secondary N) is 1. The molecule has 4 nitrogen and oxygen atoms in total. The maximum Gasteiger partial charge on any atom is 0.159 e. The molecule has 0 aliphatic heterocycles. The molecule has 2 N–H and O–H groups in total. The molecule has 3 aromatic rings. The molecular weight excluding hydrogens is 250 g/mol. The van der Waals surface area contributed by atoms with E-state index in [1.807, 2.05) is 48.5 Å². The average Bonchev–Trinajstić information content (AvgIpc) is 2.56. The SMILES string of the molecule is ONc1cccc(-c2nccc(-c3ccccc3)n2)c1. The van der Waals surface area contributed by atoms with Crippen molar-refractivity contribution in [3.63, 3.8) is 0 Å². The Bertz CT molecular complexity index is 714. The van der Waals surface area contributed by atoms with Gasteiger partial charge in [0, 0.05) is 17.3 Å². The second kappa shape index (κ2) is 5.50. The van der Waals surface area contributed by atoms with Crippen LogP contribution in [0.3, 0.4) is 0 Å². The smallest absolute Gasteiger partial charge is 0.159 e. The second-order valence-electron chi connectivity index (χ2n) is 4.32. The Morgan fingerprint density at radius 2 is 1.65 bits per heavy atom. The summed E-state index contributed by atoms with van der Waals surface area (Å²) in [6.07, 6.45) is 1.74. The van der Waals surface area contributed by atoms with Gasteiger partial charge < -0.3 is 0 Å². The Labute approximate surface area is 116 Å². The lowest BCUT2D eigenvalue weighted by molar-refractivity contribution is 0.389. The number of anilines is 1. The van der Waals surface area contributed by atoms with E-state index in [0.717, 1.165) is 16.8 Å². The minimum atomic E-state index is 0.608. The summed E-state index contributed by atoms with van der Waals surface area (Å²) in [7, 11) is 0. The van der Waals surface area contributed by atoms with E-state index in [1.54, 1.807) is 18.3 Å². The van der Waals surface area contributed by atoms with Crippen molar-refractivity contribution in [3.8, 4) is 22.6 Å². The highest BCUT2D eigenvalue weighted by Crippen LogP contribution is 2.22. The van der Waals surface area contributed by atoms with Crippen LogP contribution in [-0.4, -0.2) is 15.2 Å². The molecule has 0 fully saturated rings. The third kappa shape index (κ3) is 2.50. The summed E-state index contributed by atoms with van der Waals surface area (Å²) in [5, 5.41) is 8.95. The van der Waals surface area contributed by atoms with Gasteiger partial charge in [0.05, 0.1) is 11.4 Å². The highest BCUT2D eigenvalue weighted by atomic mass is 16.5. The first kappa shape index (κ1) is 12.3. The molecule has 98 valence electrons. The average molecular weight is 263 g/mol. The van der Waals surface area contributed by atoms with Crippen molar-refractivity contribution in [1.29, 1.82) is 0 Å². The molecular formula is C16H13N3O. The maximum atomic E-state index is 8.95. The molecule has 1 heterocycles. The van der Waals surface area contributed by atoms with Gasteiger partial charge in [-0.25, -0.2) is 9.97 Å². The second-order valence-corrected chi connectivity index (χ2v) is 4.32. The monoisotopic (exact) mass is 263 g/mol. The topological polar surface area (TPSA) is 58.0 Å². The third-order valence-electron chi connectivity index (χ3n) is 2.98. The van der Waals surface area contributed by atoms with Gasteiger partial charge in [-0.05, 0) is 18.2 Å². The molecule has 0 radical (unpaired) electrons. The van der Waals surface area contributed by atoms with Crippen molar-refractivity contribution in [2.75, 3.05) is 5.48 Å². The molecule has 0 bridgehead atoms. The molecule has 3 rings (SSSR count). The molecule has 0 aliphatic carbocycles. The van der Waals surface area contributed by atoms with Crippen molar-refractivity contribution in [2.45, 2.75) is 0 Å². The number of rotatable bonds is 3. The zero-order valence-corrected chi connectivity index (χ0v) is 10.7. The normalized spacial score (nSPS) is 10.2. The fourth-order valence-electron chi connectivity index (χ4n) is 2.00. The van der Waals surface area contributed by atoms with Gasteiger partial charge in [0.15, 0.2) is 5.82 Å². The third-order valence-corrected chi connectivity index (χ3v) is 2.98. The van der Waals surface area contributed by atoms with Gasteiger partial charge in [-0.15, -0.1) is 0 Å². The Morgan fingerprint density at radius 3 is 2.45 bits per heavy atom. The first-order chi connectivity index (χ1) is 9.86. The fourth-order valence-corrected chi connectivity index (χ4v) is 2.00. The number of hydrogen-bond donors (Lipinski definition) is 2. The molecule has 0 spiro atoms. The van der Waals surface area contributed by atoms with Crippen molar-refractivity contribution < 1.29 is 5.21 Å². The van der Waals surface area contributed by atoms with E-state index in [0.29, 0.717) is 11.5 Å². The zero-order valence-electron chi connectivity index (χ0n) is 10.7. The van der Waals surface area contributed by atoms with Crippen LogP contribution in [0.2, 0.25) is 0 Å². The number of aromatic nitrogens is 2. The van der Waals surface area contributed by atoms with E-state index in [9.17, 15) is 0 Å². The van der Waals surface area contributed by atoms with E-state index in [-0.39, 0.29) is 0 Å². The summed E-state index contributed by atoms with van der Waals surface area (Å²) in [6, 6.07) is 19.2. The van der Waals surface area contributed by atoms with Crippen LogP contribution in [0.15, 0.2) is 66.9 Å². The molecule has 20 heavy (non-hydrogen) atoms. The predicted molar refractivity (Wildman–Crippen MR) is 78.3 cm³/mol. The van der Waals surface area contributed by atoms with Gasteiger partial charge in [-0.1, -0.05) is 42.5 Å². The van der Waals surface area contributed by atoms with Crippen molar-refractivity contribution in [2.24, 2.45) is 0 Å². The number of nitrogens with zero attached hydrogens (tertiary/aromatic N) is 2. The molecule has 1 aromatic heterocycles. The van der Waals surface area contributed by atoms with E-state index in [1.165, 1.54) is 0 Å². The Morgan fingerprint density at radius 1 is 0.850 bits per heavy atom. The standard InChI is InChI=1S/C16H13N3O/c20-19-14-8-4-7-13(11-14)16-17-10-9-15(18-16)12-5-2-1-3-6-12/h1-11,19-20H. The van der Waals surface area contributed by atoms with Crippen molar-refractivity contribution in [3.05, 3.63) is 66.9 Å². The van der Waals surface area contributed by atoms with Gasteiger partial charge in [0.25, 0.3) is 0 Å². The lowest BCUT2D eigenvalue weighted by Crippen LogP contribution is -1.93. The molecule has 0 unspecified atom stereocenters. The van der Waals surface area contributed by atoms with Crippen LogP contribution in [0.5, 0.6) is 0 Å². The van der Waals surface area contributed by atoms with E-state index < -0.39 is 0 Å². The first-order valence-electron chi connectivity index (χ1n) is 6.26. The van der Waals surface area contributed by atoms with E-state index in [4.69, 9.17) is 5.21 Å². The minimum Gasteiger partial charge on any atom is -0.291 e. The first-order valence-corrected chi connectivity index (χ1v) is 6.26. The quantitative estimate of drug-likeness (QED) is 0.709. The fraction of sp³-hybridized carbons (Fsp3) is 0. The largest absolute Gasteiger partial charge is 0.291 e. The molecule has 2 aromatic carbocycles. The summed E-state index contributed by atoms with van der Waals surface area (Å²) < 4.78 is 0. The minimum absolute atomic E-state index is 0.608. The van der Waals surface area contributed by atoms with Gasteiger partial charge in [0.2, 0.25) is 0 Å². The van der Waals surface area contributed by atoms with Crippen LogP contribution in [0, 0.1) is 0 Å². The maximum absolute atomic E-state index is 8.95. The lowest BCUT2D eigenvalue weighted by Gasteiger charge is -2.05. The van der Waals surface area contributed by atoms with Crippen LogP contribution >= 0.6 is 0 Å². The Kier molecular flexibility index (Phi) is 3.39. The highest BCUT2D eigenvalue weighted by molar-refractivity contribution is 5.65. The van der Waals surface area contributed by atoms with Crippen LogP contribution in [0.25, 0.3) is 22.6 Å². The summed E-state index contributed by atoms with van der Waals surface area (Å²) in [6.45, 7) is 0. The molecule has 4 heteroatoms. The summed E-state index contributed by atoms with van der Waals surface area (Å²) in [5.74, 6) is 0.628. The summed E-state index contributed by atoms with van der Waals surface area (Å²) >= 11 is 0. The van der Waals surface area contributed by atoms with Crippen LogP contribution in [-0.2, 0) is 0 Å². The number of benzene rings is 2. The highest BCUT2D eigenvalue weighted by Gasteiger charge is 2.05. The molecule has 0 saturated heterocycles. The van der Waals surface area contributed by atoms with Gasteiger partial charge in [-0.2, -0.15) is 0 Å². The molecule has 0 amide bonds. The van der Waals surface area contributed by atoms with Crippen LogP contribution < -0.4 is 5.48 Å². The summed E-state index contributed by atoms with van der Waals surface area (Å²) in [5.41, 5.74) is 5.51. The van der Waals surface area contributed by atoms with Gasteiger partial charge in [0.1, 0.15) is 0 Å². The van der Waals surface area contributed by atoms with Crippen molar-refractivity contribution >= 4 is 5.69 Å². The molecule has 0 atom stereocenters. The lowest BCUT2D eigenvalue weighted by atomic mass is 10.1. The van der Waals surface area contributed by atoms with Crippen LogP contribution in [0.4, 0.5) is 5.69 Å². The van der Waals surface area contributed by atoms with E-state index in [2.05, 4.69) is 15.4 Å². The van der Waals surface area contributed by atoms with E-state index >= 15 is 0 Å².